The molecule has 2 aromatic rings. The lowest BCUT2D eigenvalue weighted by Crippen LogP contribution is -2.22. The Morgan fingerprint density at radius 1 is 0.950 bits per heavy atom. The van der Waals surface area contributed by atoms with E-state index in [-0.39, 0.29) is 0 Å². The van der Waals surface area contributed by atoms with Crippen LogP contribution in [0.1, 0.15) is 34.7 Å². The van der Waals surface area contributed by atoms with Crippen LogP contribution in [0.4, 0.5) is 0 Å². The predicted molar refractivity (Wildman–Crippen MR) is 77.7 cm³/mol. The van der Waals surface area contributed by atoms with Gasteiger partial charge < -0.3 is 4.84 Å². The Hall–Kier alpha value is -2.42. The number of nitrogens with zero attached hydrogens (tertiary/aromatic N) is 1. The Bertz CT molecular complexity index is 612. The molecule has 1 aliphatic carbocycles. The van der Waals surface area contributed by atoms with Gasteiger partial charge in [-0.2, -0.15) is 0 Å². The molecule has 1 saturated carbocycles. The summed E-state index contributed by atoms with van der Waals surface area (Å²) in [6.45, 7) is 0. The van der Waals surface area contributed by atoms with Gasteiger partial charge in [-0.3, -0.25) is 0 Å². The molecule has 0 amide bonds. The highest BCUT2D eigenvalue weighted by Gasteiger charge is 2.27. The third-order valence-electron chi connectivity index (χ3n) is 3.50. The number of benzene rings is 2. The molecule has 3 heteroatoms. The summed E-state index contributed by atoms with van der Waals surface area (Å²) in [5.41, 5.74) is 2.79. The molecule has 1 aliphatic rings. The van der Waals surface area contributed by atoms with Crippen molar-refractivity contribution in [2.75, 3.05) is 0 Å². The van der Waals surface area contributed by atoms with E-state index in [1.165, 1.54) is 5.56 Å². The van der Waals surface area contributed by atoms with Crippen molar-refractivity contribution < 1.29 is 9.63 Å². The monoisotopic (exact) mass is 265 g/mol. The lowest BCUT2D eigenvalue weighted by Gasteiger charge is -2.27. The molecule has 0 atom stereocenters. The van der Waals surface area contributed by atoms with E-state index in [2.05, 4.69) is 17.3 Å². The number of oxime groups is 1. The lowest BCUT2D eigenvalue weighted by molar-refractivity contribution is 0.0511. The van der Waals surface area contributed by atoms with E-state index in [0.717, 1.165) is 18.6 Å². The first-order valence-electron chi connectivity index (χ1n) is 6.70. The van der Waals surface area contributed by atoms with E-state index >= 15 is 0 Å². The molecule has 0 aromatic heterocycles. The van der Waals surface area contributed by atoms with Gasteiger partial charge in [-0.1, -0.05) is 53.7 Å². The molecule has 0 radical (unpaired) electrons. The zero-order valence-electron chi connectivity index (χ0n) is 11.0. The van der Waals surface area contributed by atoms with Gasteiger partial charge >= 0.3 is 5.97 Å². The summed E-state index contributed by atoms with van der Waals surface area (Å²) < 4.78 is 0. The van der Waals surface area contributed by atoms with Crippen LogP contribution < -0.4 is 0 Å². The van der Waals surface area contributed by atoms with Crippen LogP contribution in [-0.2, 0) is 4.84 Å². The van der Waals surface area contributed by atoms with Crippen LogP contribution in [0.15, 0.2) is 65.8 Å². The van der Waals surface area contributed by atoms with Crippen LogP contribution in [0, 0.1) is 0 Å². The SMILES string of the molecule is O=C(ON=C1CC(c2ccccc2)C1)c1ccccc1. The standard InChI is InChI=1S/C17H15NO2/c19-17(14-9-5-2-6-10-14)20-18-16-11-15(12-16)13-7-3-1-4-8-13/h1-10,15H,11-12H2. The highest BCUT2D eigenvalue weighted by molar-refractivity contribution is 5.93. The topological polar surface area (TPSA) is 38.7 Å². The van der Waals surface area contributed by atoms with E-state index in [1.54, 1.807) is 24.3 Å². The van der Waals surface area contributed by atoms with E-state index in [0.29, 0.717) is 11.5 Å². The van der Waals surface area contributed by atoms with Crippen LogP contribution in [-0.4, -0.2) is 11.7 Å². The third-order valence-corrected chi connectivity index (χ3v) is 3.50. The second-order valence-corrected chi connectivity index (χ2v) is 4.92. The van der Waals surface area contributed by atoms with Crippen molar-refractivity contribution in [2.45, 2.75) is 18.8 Å². The molecule has 0 bridgehead atoms. The van der Waals surface area contributed by atoms with Crippen LogP contribution in [0.3, 0.4) is 0 Å². The first-order chi connectivity index (χ1) is 9.83. The molecule has 1 fully saturated rings. The zero-order chi connectivity index (χ0) is 13.8. The van der Waals surface area contributed by atoms with Crippen molar-refractivity contribution in [2.24, 2.45) is 5.16 Å². The average Bonchev–Trinajstić information content (AvgIpc) is 2.47. The summed E-state index contributed by atoms with van der Waals surface area (Å²) in [6, 6.07) is 19.2. The first kappa shape index (κ1) is 12.6. The van der Waals surface area contributed by atoms with E-state index in [1.807, 2.05) is 24.3 Å². The zero-order valence-corrected chi connectivity index (χ0v) is 11.0. The Balaban J connectivity index is 1.54. The maximum Gasteiger partial charge on any atom is 0.365 e. The molecule has 0 aliphatic heterocycles. The summed E-state index contributed by atoms with van der Waals surface area (Å²) in [6.07, 6.45) is 1.73. The summed E-state index contributed by atoms with van der Waals surface area (Å²) >= 11 is 0. The Morgan fingerprint density at radius 3 is 2.20 bits per heavy atom. The smallest absolute Gasteiger partial charge is 0.313 e. The van der Waals surface area contributed by atoms with Gasteiger partial charge in [0.1, 0.15) is 0 Å². The fraction of sp³-hybridized carbons (Fsp3) is 0.176. The summed E-state index contributed by atoms with van der Waals surface area (Å²) in [5.74, 6) is 0.103. The van der Waals surface area contributed by atoms with Crippen molar-refractivity contribution in [1.29, 1.82) is 0 Å². The van der Waals surface area contributed by atoms with Gasteiger partial charge in [-0.05, 0) is 36.5 Å². The number of carbonyl (C=O) groups excluding carboxylic acids is 1. The predicted octanol–water partition coefficient (Wildman–Crippen LogP) is 3.78. The molecule has 0 saturated heterocycles. The molecule has 0 unspecified atom stereocenters. The van der Waals surface area contributed by atoms with Crippen LogP contribution >= 0.6 is 0 Å². The van der Waals surface area contributed by atoms with Gasteiger partial charge in [0.25, 0.3) is 0 Å². The highest BCUT2D eigenvalue weighted by atomic mass is 16.7. The first-order valence-corrected chi connectivity index (χ1v) is 6.70. The van der Waals surface area contributed by atoms with Crippen molar-refractivity contribution in [1.82, 2.24) is 0 Å². The minimum Gasteiger partial charge on any atom is -0.313 e. The largest absolute Gasteiger partial charge is 0.365 e. The van der Waals surface area contributed by atoms with Gasteiger partial charge in [0.05, 0.1) is 11.3 Å². The molecule has 100 valence electrons. The molecule has 3 rings (SSSR count). The maximum atomic E-state index is 11.7. The Labute approximate surface area is 117 Å². The third kappa shape index (κ3) is 2.77. The van der Waals surface area contributed by atoms with Crippen LogP contribution in [0.2, 0.25) is 0 Å². The van der Waals surface area contributed by atoms with E-state index in [4.69, 9.17) is 4.84 Å². The Kier molecular flexibility index (Phi) is 3.59. The summed E-state index contributed by atoms with van der Waals surface area (Å²) in [5, 5.41) is 3.95. The van der Waals surface area contributed by atoms with Gasteiger partial charge in [0.2, 0.25) is 0 Å². The van der Waals surface area contributed by atoms with Crippen molar-refractivity contribution >= 4 is 11.7 Å². The minimum atomic E-state index is -0.402. The van der Waals surface area contributed by atoms with Crippen LogP contribution in [0.25, 0.3) is 0 Å². The van der Waals surface area contributed by atoms with E-state index in [9.17, 15) is 4.79 Å². The normalized spacial score (nSPS) is 17.2. The number of hydrogen-bond acceptors (Lipinski definition) is 3. The molecule has 2 aromatic carbocycles. The molecule has 0 heterocycles. The fourth-order valence-electron chi connectivity index (χ4n) is 2.28. The molecule has 0 spiro atoms. The molecule has 20 heavy (non-hydrogen) atoms. The Morgan fingerprint density at radius 2 is 1.55 bits per heavy atom. The van der Waals surface area contributed by atoms with Gasteiger partial charge in [-0.25, -0.2) is 4.79 Å². The molecule has 0 N–H and O–H groups in total. The number of hydrogen-bond donors (Lipinski definition) is 0. The van der Waals surface area contributed by atoms with Crippen molar-refractivity contribution in [3.63, 3.8) is 0 Å². The average molecular weight is 265 g/mol. The second kappa shape index (κ2) is 5.70. The fourth-order valence-corrected chi connectivity index (χ4v) is 2.28. The number of carbonyl (C=O) groups is 1. The van der Waals surface area contributed by atoms with Gasteiger partial charge in [0, 0.05) is 0 Å². The summed E-state index contributed by atoms with van der Waals surface area (Å²) in [7, 11) is 0. The van der Waals surface area contributed by atoms with E-state index < -0.39 is 5.97 Å². The quantitative estimate of drug-likeness (QED) is 0.625. The molecular formula is C17H15NO2. The minimum absolute atomic E-state index is 0.402. The number of rotatable bonds is 3. The molecule has 3 nitrogen and oxygen atoms in total. The molecular weight excluding hydrogens is 250 g/mol. The summed E-state index contributed by atoms with van der Waals surface area (Å²) in [4.78, 5) is 16.7. The van der Waals surface area contributed by atoms with Crippen molar-refractivity contribution in [3.05, 3.63) is 71.8 Å². The highest BCUT2D eigenvalue weighted by Crippen LogP contribution is 2.34. The maximum absolute atomic E-state index is 11.7. The second-order valence-electron chi connectivity index (χ2n) is 4.92. The van der Waals surface area contributed by atoms with Crippen molar-refractivity contribution in [3.8, 4) is 0 Å². The van der Waals surface area contributed by atoms with Gasteiger partial charge in [0.15, 0.2) is 0 Å². The van der Waals surface area contributed by atoms with Crippen LogP contribution in [0.5, 0.6) is 0 Å². The van der Waals surface area contributed by atoms with Gasteiger partial charge in [-0.15, -0.1) is 0 Å². The lowest BCUT2D eigenvalue weighted by atomic mass is 9.78.